The predicted octanol–water partition coefficient (Wildman–Crippen LogP) is 5.37. The summed E-state index contributed by atoms with van der Waals surface area (Å²) in [5, 5.41) is 39.7. The third-order valence-corrected chi connectivity index (χ3v) is 7.52. The molecule has 1 aliphatic rings. The van der Waals surface area contributed by atoms with Crippen LogP contribution in [-0.4, -0.2) is 89.0 Å². The Labute approximate surface area is 276 Å². The number of ether oxygens (including phenoxy) is 4. The van der Waals surface area contributed by atoms with Gasteiger partial charge >= 0.3 is 11.9 Å². The summed E-state index contributed by atoms with van der Waals surface area (Å²) >= 11 is 0. The molecule has 1 aliphatic heterocycles. The van der Waals surface area contributed by atoms with E-state index in [1.165, 1.54) is 19.3 Å². The quantitative estimate of drug-likeness (QED) is 0.0415. The fourth-order valence-electron chi connectivity index (χ4n) is 4.73. The number of hydrogen-bond donors (Lipinski definition) is 4. The summed E-state index contributed by atoms with van der Waals surface area (Å²) in [5.74, 6) is -0.903. The van der Waals surface area contributed by atoms with Crippen molar-refractivity contribution in [2.75, 3.05) is 19.8 Å². The molecule has 0 radical (unpaired) electrons. The Morgan fingerprint density at radius 1 is 0.696 bits per heavy atom. The lowest BCUT2D eigenvalue weighted by atomic mass is 9.99. The van der Waals surface area contributed by atoms with Gasteiger partial charge in [0.25, 0.3) is 0 Å². The zero-order valence-corrected chi connectivity index (χ0v) is 28.0. The second-order valence-corrected chi connectivity index (χ2v) is 11.6. The van der Waals surface area contributed by atoms with Crippen molar-refractivity contribution in [2.24, 2.45) is 0 Å². The summed E-state index contributed by atoms with van der Waals surface area (Å²) < 4.78 is 21.9. The minimum atomic E-state index is -1.60. The third-order valence-electron chi connectivity index (χ3n) is 7.52. The number of carbonyl (C=O) groups is 2. The highest BCUT2D eigenvalue weighted by Gasteiger charge is 2.44. The number of aliphatic hydroxyl groups is 4. The molecule has 0 aliphatic carbocycles. The molecule has 1 saturated heterocycles. The van der Waals surface area contributed by atoms with Gasteiger partial charge in [-0.15, -0.1) is 0 Å². The smallest absolute Gasteiger partial charge is 0.306 e. The molecule has 0 spiro atoms. The highest BCUT2D eigenvalue weighted by molar-refractivity contribution is 5.70. The molecule has 10 nitrogen and oxygen atoms in total. The molecule has 1 fully saturated rings. The van der Waals surface area contributed by atoms with Gasteiger partial charge in [0.2, 0.25) is 0 Å². The standard InChI is InChI=1S/C36H60O10/c1-3-5-7-9-11-13-14-15-16-17-19-21-23-25-32(39)45-29(27-43-31(38)24-22-20-18-12-10-8-6-4-2)28-44-36-35(42)34(41)33(40)30(26-37)46-36/h5,7,9,11,13-14,18,20,29-30,33-37,40-42H,3-4,6,8,10,12,15-17,19,21-28H2,1-2H3/b7-5+,11-9+,14-13+,20-18+/t29?,30-,33+,34?,35?,36-/m1/s1. The van der Waals surface area contributed by atoms with Gasteiger partial charge in [-0.3, -0.25) is 9.59 Å². The van der Waals surface area contributed by atoms with E-state index in [1.54, 1.807) is 0 Å². The summed E-state index contributed by atoms with van der Waals surface area (Å²) in [6, 6.07) is 0. The van der Waals surface area contributed by atoms with E-state index < -0.39 is 55.4 Å². The maximum atomic E-state index is 12.6. The lowest BCUT2D eigenvalue weighted by Gasteiger charge is -2.39. The monoisotopic (exact) mass is 652 g/mol. The first-order valence-electron chi connectivity index (χ1n) is 17.2. The molecule has 0 aromatic rings. The Morgan fingerprint density at radius 2 is 1.35 bits per heavy atom. The maximum Gasteiger partial charge on any atom is 0.306 e. The zero-order chi connectivity index (χ0) is 33.8. The minimum absolute atomic E-state index is 0.183. The van der Waals surface area contributed by atoms with Gasteiger partial charge < -0.3 is 39.4 Å². The normalized spacial score (nSPS) is 22.8. The molecule has 0 saturated carbocycles. The fourth-order valence-corrected chi connectivity index (χ4v) is 4.73. The summed E-state index contributed by atoms with van der Waals surface area (Å²) in [6.45, 7) is 3.13. The molecular formula is C36H60O10. The van der Waals surface area contributed by atoms with Crippen molar-refractivity contribution < 1.29 is 49.0 Å². The highest BCUT2D eigenvalue weighted by atomic mass is 16.7. The molecule has 1 heterocycles. The van der Waals surface area contributed by atoms with E-state index in [1.807, 2.05) is 24.3 Å². The van der Waals surface area contributed by atoms with Crippen LogP contribution in [0.2, 0.25) is 0 Å². The number of hydrogen-bond acceptors (Lipinski definition) is 10. The summed E-state index contributed by atoms with van der Waals surface area (Å²) in [4.78, 5) is 24.9. The van der Waals surface area contributed by atoms with Crippen molar-refractivity contribution in [1.29, 1.82) is 0 Å². The second-order valence-electron chi connectivity index (χ2n) is 11.6. The van der Waals surface area contributed by atoms with Crippen molar-refractivity contribution in [2.45, 2.75) is 147 Å². The van der Waals surface area contributed by atoms with Crippen LogP contribution in [0, 0.1) is 0 Å². The molecule has 0 aromatic carbocycles. The van der Waals surface area contributed by atoms with Crippen molar-refractivity contribution in [3.63, 3.8) is 0 Å². The molecular weight excluding hydrogens is 592 g/mol. The van der Waals surface area contributed by atoms with Crippen LogP contribution in [-0.2, 0) is 28.5 Å². The Balaban J connectivity index is 2.49. The molecule has 4 N–H and O–H groups in total. The minimum Gasteiger partial charge on any atom is -0.462 e. The van der Waals surface area contributed by atoms with Gasteiger partial charge in [-0.05, 0) is 44.9 Å². The molecule has 3 unspecified atom stereocenters. The highest BCUT2D eigenvalue weighted by Crippen LogP contribution is 2.22. The lowest BCUT2D eigenvalue weighted by Crippen LogP contribution is -2.59. The van der Waals surface area contributed by atoms with E-state index in [2.05, 4.69) is 38.2 Å². The van der Waals surface area contributed by atoms with E-state index in [4.69, 9.17) is 18.9 Å². The van der Waals surface area contributed by atoms with Gasteiger partial charge in [0, 0.05) is 12.8 Å². The first kappa shape index (κ1) is 41.7. The SMILES string of the molecule is CC/C=C/C=C/C=C/CCCCCCCC(=O)OC(COC(=O)CC/C=C/CCCCCC)CO[C@@H]1O[C@H](CO)[C@H](O)C(O)C1O. The topological polar surface area (TPSA) is 152 Å². The predicted molar refractivity (Wildman–Crippen MR) is 178 cm³/mol. The number of esters is 2. The van der Waals surface area contributed by atoms with Crippen LogP contribution in [0.5, 0.6) is 0 Å². The summed E-state index contributed by atoms with van der Waals surface area (Å²) in [7, 11) is 0. The van der Waals surface area contributed by atoms with Crippen LogP contribution in [0.15, 0.2) is 48.6 Å². The first-order chi connectivity index (χ1) is 22.3. The molecule has 264 valence electrons. The van der Waals surface area contributed by atoms with Gasteiger partial charge in [0.05, 0.1) is 13.2 Å². The van der Waals surface area contributed by atoms with E-state index in [0.717, 1.165) is 51.4 Å². The van der Waals surface area contributed by atoms with E-state index in [0.29, 0.717) is 12.8 Å². The zero-order valence-electron chi connectivity index (χ0n) is 28.0. The van der Waals surface area contributed by atoms with E-state index >= 15 is 0 Å². The van der Waals surface area contributed by atoms with Crippen LogP contribution in [0.1, 0.15) is 110 Å². The summed E-state index contributed by atoms with van der Waals surface area (Å²) in [6.07, 6.45) is 21.6. The van der Waals surface area contributed by atoms with E-state index in [-0.39, 0.29) is 26.1 Å². The van der Waals surface area contributed by atoms with Gasteiger partial charge in [-0.2, -0.15) is 0 Å². The molecule has 0 aromatic heterocycles. The average molecular weight is 653 g/mol. The van der Waals surface area contributed by atoms with Crippen LogP contribution in [0.4, 0.5) is 0 Å². The molecule has 0 amide bonds. The maximum absolute atomic E-state index is 12.6. The average Bonchev–Trinajstić information content (AvgIpc) is 3.05. The first-order valence-corrected chi connectivity index (χ1v) is 17.2. The number of unbranched alkanes of at least 4 members (excludes halogenated alkanes) is 9. The Hall–Kier alpha value is -2.34. The van der Waals surface area contributed by atoms with Crippen molar-refractivity contribution >= 4 is 11.9 Å². The Morgan fingerprint density at radius 3 is 2.07 bits per heavy atom. The molecule has 1 rings (SSSR count). The van der Waals surface area contributed by atoms with Gasteiger partial charge in [-0.25, -0.2) is 0 Å². The third kappa shape index (κ3) is 20.0. The van der Waals surface area contributed by atoms with Crippen LogP contribution >= 0.6 is 0 Å². The largest absolute Gasteiger partial charge is 0.462 e. The van der Waals surface area contributed by atoms with Crippen LogP contribution in [0.25, 0.3) is 0 Å². The number of rotatable bonds is 26. The fraction of sp³-hybridized carbons (Fsp3) is 0.722. The second kappa shape index (κ2) is 27.7. The lowest BCUT2D eigenvalue weighted by molar-refractivity contribution is -0.305. The molecule has 6 atom stereocenters. The van der Waals surface area contributed by atoms with Gasteiger partial charge in [-0.1, -0.05) is 101 Å². The van der Waals surface area contributed by atoms with Crippen LogP contribution < -0.4 is 0 Å². The van der Waals surface area contributed by atoms with Crippen molar-refractivity contribution in [3.8, 4) is 0 Å². The Kier molecular flexibility index (Phi) is 25.1. The number of aliphatic hydroxyl groups excluding tert-OH is 4. The van der Waals surface area contributed by atoms with Crippen molar-refractivity contribution in [1.82, 2.24) is 0 Å². The number of allylic oxidation sites excluding steroid dienone is 8. The molecule has 0 bridgehead atoms. The Bertz CT molecular complexity index is 897. The van der Waals surface area contributed by atoms with Gasteiger partial charge in [0.1, 0.15) is 31.0 Å². The van der Waals surface area contributed by atoms with Gasteiger partial charge in [0.15, 0.2) is 12.4 Å². The number of carbonyl (C=O) groups excluding carboxylic acids is 2. The molecule has 10 heteroatoms. The summed E-state index contributed by atoms with van der Waals surface area (Å²) in [5.41, 5.74) is 0. The van der Waals surface area contributed by atoms with E-state index in [9.17, 15) is 30.0 Å². The van der Waals surface area contributed by atoms with Crippen molar-refractivity contribution in [3.05, 3.63) is 48.6 Å². The molecule has 46 heavy (non-hydrogen) atoms. The van der Waals surface area contributed by atoms with Crippen LogP contribution in [0.3, 0.4) is 0 Å².